The van der Waals surface area contributed by atoms with Gasteiger partial charge in [0.25, 0.3) is 0 Å². The van der Waals surface area contributed by atoms with Gasteiger partial charge in [0.1, 0.15) is 11.2 Å². The number of benzene rings is 9. The summed E-state index contributed by atoms with van der Waals surface area (Å²) >= 11 is 0. The molecule has 0 aliphatic heterocycles. The number of para-hydroxylation sites is 4. The predicted octanol–water partition coefficient (Wildman–Crippen LogP) is 13.9. The standard InChI is InChI=1S/C52H31N3O/c1-4-19-47-41(14-1)42-15-2-5-20-48(42)55(47)37-13-8-11-33(29-37)35-23-25-40-39-24-22-34(30-45(39)50-51(46(40)31-35)54-27-26-53-50)32-10-7-12-36(28-32)38-17-9-18-44-43-16-3-6-21-49(43)56-52(38)44/h1-31H. The molecule has 0 aliphatic rings. The molecule has 0 amide bonds. The molecule has 0 fully saturated rings. The van der Waals surface area contributed by atoms with Crippen LogP contribution in [0.15, 0.2) is 193 Å². The molecule has 56 heavy (non-hydrogen) atoms. The highest BCUT2D eigenvalue weighted by Gasteiger charge is 2.17. The molecule has 0 atom stereocenters. The molecule has 12 aromatic rings. The minimum atomic E-state index is 0.899. The molecule has 0 bridgehead atoms. The molecule has 0 saturated carbocycles. The van der Waals surface area contributed by atoms with Crippen LogP contribution in [0, 0.1) is 0 Å². The molecule has 260 valence electrons. The average molecular weight is 714 g/mol. The lowest BCUT2D eigenvalue weighted by Crippen LogP contribution is -1.94. The molecular formula is C52H31N3O. The second-order valence-electron chi connectivity index (χ2n) is 14.6. The van der Waals surface area contributed by atoms with E-state index in [1.54, 1.807) is 12.4 Å². The first-order valence-electron chi connectivity index (χ1n) is 19.0. The van der Waals surface area contributed by atoms with Crippen molar-refractivity contribution in [2.45, 2.75) is 0 Å². The number of hydrogen-bond donors (Lipinski definition) is 0. The summed E-state index contributed by atoms with van der Waals surface area (Å²) in [4.78, 5) is 9.89. The quantitative estimate of drug-likeness (QED) is 0.171. The van der Waals surface area contributed by atoms with Crippen molar-refractivity contribution in [3.05, 3.63) is 188 Å². The van der Waals surface area contributed by atoms with Crippen LogP contribution in [0.4, 0.5) is 0 Å². The summed E-state index contributed by atoms with van der Waals surface area (Å²) in [5, 5.41) is 9.27. The lowest BCUT2D eigenvalue weighted by atomic mass is 9.92. The Morgan fingerprint density at radius 2 is 0.893 bits per heavy atom. The van der Waals surface area contributed by atoms with Crippen molar-refractivity contribution >= 4 is 76.3 Å². The molecule has 12 rings (SSSR count). The Hall–Kier alpha value is -7.56. The fourth-order valence-corrected chi connectivity index (χ4v) is 8.91. The first kappa shape index (κ1) is 30.9. The highest BCUT2D eigenvalue weighted by molar-refractivity contribution is 6.24. The normalized spacial score (nSPS) is 11.9. The molecule has 0 spiro atoms. The number of nitrogens with zero attached hydrogens (tertiary/aromatic N) is 3. The van der Waals surface area contributed by atoms with Crippen molar-refractivity contribution in [2.24, 2.45) is 0 Å². The zero-order chi connectivity index (χ0) is 36.7. The van der Waals surface area contributed by atoms with Crippen LogP contribution in [0.3, 0.4) is 0 Å². The maximum Gasteiger partial charge on any atom is 0.143 e. The summed E-state index contributed by atoms with van der Waals surface area (Å²) < 4.78 is 8.78. The van der Waals surface area contributed by atoms with Gasteiger partial charge in [-0.15, -0.1) is 0 Å². The van der Waals surface area contributed by atoms with Gasteiger partial charge in [-0.1, -0.05) is 127 Å². The van der Waals surface area contributed by atoms with E-state index < -0.39 is 0 Å². The van der Waals surface area contributed by atoms with Crippen molar-refractivity contribution in [3.8, 4) is 39.1 Å². The van der Waals surface area contributed by atoms with E-state index in [0.717, 1.165) is 93.6 Å². The van der Waals surface area contributed by atoms with Gasteiger partial charge in [-0.3, -0.25) is 9.97 Å². The highest BCUT2D eigenvalue weighted by Crippen LogP contribution is 2.40. The molecule has 9 aromatic carbocycles. The number of fused-ring (bicyclic) bond motifs is 12. The van der Waals surface area contributed by atoms with Gasteiger partial charge in [-0.2, -0.15) is 0 Å². The third-order valence-electron chi connectivity index (χ3n) is 11.5. The van der Waals surface area contributed by atoms with Gasteiger partial charge in [-0.05, 0) is 87.1 Å². The summed E-state index contributed by atoms with van der Waals surface area (Å²) in [7, 11) is 0. The largest absolute Gasteiger partial charge is 0.455 e. The van der Waals surface area contributed by atoms with Gasteiger partial charge in [0.15, 0.2) is 0 Å². The molecular weight excluding hydrogens is 683 g/mol. The van der Waals surface area contributed by atoms with E-state index in [4.69, 9.17) is 14.4 Å². The summed E-state index contributed by atoms with van der Waals surface area (Å²) in [5.74, 6) is 0. The third-order valence-corrected chi connectivity index (χ3v) is 11.5. The number of rotatable bonds is 4. The van der Waals surface area contributed by atoms with Crippen LogP contribution >= 0.6 is 0 Å². The lowest BCUT2D eigenvalue weighted by molar-refractivity contribution is 0.670. The molecule has 0 aliphatic carbocycles. The molecule has 0 N–H and O–H groups in total. The van der Waals surface area contributed by atoms with Crippen LogP contribution in [-0.2, 0) is 0 Å². The molecule has 0 unspecified atom stereocenters. The zero-order valence-electron chi connectivity index (χ0n) is 30.1. The first-order valence-corrected chi connectivity index (χ1v) is 19.0. The van der Waals surface area contributed by atoms with E-state index >= 15 is 0 Å². The maximum absolute atomic E-state index is 6.40. The molecule has 4 heteroatoms. The summed E-state index contributed by atoms with van der Waals surface area (Å²) in [6.07, 6.45) is 3.60. The van der Waals surface area contributed by atoms with E-state index in [2.05, 4.69) is 168 Å². The van der Waals surface area contributed by atoms with Crippen molar-refractivity contribution in [2.75, 3.05) is 0 Å². The minimum absolute atomic E-state index is 0.899. The molecule has 0 saturated heterocycles. The Morgan fingerprint density at radius 1 is 0.357 bits per heavy atom. The van der Waals surface area contributed by atoms with Gasteiger partial charge < -0.3 is 8.98 Å². The molecule has 4 nitrogen and oxygen atoms in total. The molecule has 3 aromatic heterocycles. The van der Waals surface area contributed by atoms with E-state index in [9.17, 15) is 0 Å². The van der Waals surface area contributed by atoms with Crippen LogP contribution in [-0.4, -0.2) is 14.5 Å². The van der Waals surface area contributed by atoms with Crippen molar-refractivity contribution in [1.82, 2.24) is 14.5 Å². The van der Waals surface area contributed by atoms with Gasteiger partial charge in [-0.25, -0.2) is 0 Å². The van der Waals surface area contributed by atoms with Gasteiger partial charge >= 0.3 is 0 Å². The lowest BCUT2D eigenvalue weighted by Gasteiger charge is -2.14. The maximum atomic E-state index is 6.40. The highest BCUT2D eigenvalue weighted by atomic mass is 16.3. The Balaban J connectivity index is 0.981. The number of hydrogen-bond acceptors (Lipinski definition) is 3. The van der Waals surface area contributed by atoms with E-state index in [1.807, 2.05) is 12.1 Å². The third kappa shape index (κ3) is 4.60. The Bertz CT molecular complexity index is 3480. The van der Waals surface area contributed by atoms with Crippen molar-refractivity contribution < 1.29 is 4.42 Å². The molecule has 3 heterocycles. The van der Waals surface area contributed by atoms with Crippen LogP contribution in [0.25, 0.3) is 115 Å². The monoisotopic (exact) mass is 713 g/mol. The van der Waals surface area contributed by atoms with Crippen LogP contribution in [0.1, 0.15) is 0 Å². The fourth-order valence-electron chi connectivity index (χ4n) is 8.91. The number of aromatic nitrogens is 3. The Kier molecular flexibility index (Phi) is 6.60. The zero-order valence-corrected chi connectivity index (χ0v) is 30.1. The second-order valence-corrected chi connectivity index (χ2v) is 14.6. The summed E-state index contributed by atoms with van der Waals surface area (Å²) in [5.41, 5.74) is 13.9. The van der Waals surface area contributed by atoms with Gasteiger partial charge in [0, 0.05) is 56.0 Å². The predicted molar refractivity (Wildman–Crippen MR) is 232 cm³/mol. The van der Waals surface area contributed by atoms with Crippen LogP contribution in [0.5, 0.6) is 0 Å². The summed E-state index contributed by atoms with van der Waals surface area (Å²) in [6.45, 7) is 0. The van der Waals surface area contributed by atoms with Crippen molar-refractivity contribution in [1.29, 1.82) is 0 Å². The SMILES string of the molecule is c1cc(-c2ccc3c4ccc(-c5cccc(-n6c7ccccc7c7ccccc76)c5)cc4c4nccnc4c3c2)cc(-c2cccc3c2oc2ccccc23)c1. The first-order chi connectivity index (χ1) is 27.8. The van der Waals surface area contributed by atoms with E-state index in [1.165, 1.54) is 21.8 Å². The Labute approximate surface area is 321 Å². The minimum Gasteiger partial charge on any atom is -0.455 e. The van der Waals surface area contributed by atoms with E-state index in [0.29, 0.717) is 0 Å². The Morgan fingerprint density at radius 3 is 1.59 bits per heavy atom. The second kappa shape index (κ2) is 12.0. The topological polar surface area (TPSA) is 43.9 Å². The smallest absolute Gasteiger partial charge is 0.143 e. The van der Waals surface area contributed by atoms with Crippen LogP contribution in [0.2, 0.25) is 0 Å². The fraction of sp³-hybridized carbons (Fsp3) is 0. The van der Waals surface area contributed by atoms with Crippen molar-refractivity contribution in [3.63, 3.8) is 0 Å². The van der Waals surface area contributed by atoms with E-state index in [-0.39, 0.29) is 0 Å². The van der Waals surface area contributed by atoms with Crippen LogP contribution < -0.4 is 0 Å². The van der Waals surface area contributed by atoms with Gasteiger partial charge in [0.2, 0.25) is 0 Å². The number of furan rings is 1. The average Bonchev–Trinajstić information content (AvgIpc) is 3.82. The van der Waals surface area contributed by atoms with Gasteiger partial charge in [0.05, 0.1) is 22.1 Å². The molecule has 0 radical (unpaired) electrons. The summed E-state index contributed by atoms with van der Waals surface area (Å²) in [6, 6.07) is 63.1.